The molecule has 4 aliphatic rings. The van der Waals surface area contributed by atoms with Crippen molar-refractivity contribution in [2.75, 3.05) is 32.0 Å². The first-order valence-electron chi connectivity index (χ1n) is 15.0. The van der Waals surface area contributed by atoms with Gasteiger partial charge in [-0.05, 0) is 70.4 Å². The normalized spacial score (nSPS) is 29.3. The highest BCUT2D eigenvalue weighted by molar-refractivity contribution is 6.31. The van der Waals surface area contributed by atoms with Crippen LogP contribution >= 0.6 is 11.6 Å². The van der Waals surface area contributed by atoms with E-state index in [9.17, 15) is 14.4 Å². The summed E-state index contributed by atoms with van der Waals surface area (Å²) in [5, 5.41) is 6.77. The van der Waals surface area contributed by atoms with Crippen molar-refractivity contribution in [3.05, 3.63) is 40.9 Å². The lowest BCUT2D eigenvalue weighted by atomic mass is 9.74. The van der Waals surface area contributed by atoms with Crippen molar-refractivity contribution in [1.29, 1.82) is 0 Å². The Morgan fingerprint density at radius 1 is 1.15 bits per heavy atom. The molecule has 0 aromatic heterocycles. The summed E-state index contributed by atoms with van der Waals surface area (Å²) in [5.74, 6) is -2.10. The van der Waals surface area contributed by atoms with Gasteiger partial charge in [0.1, 0.15) is 11.6 Å². The van der Waals surface area contributed by atoms with Gasteiger partial charge in [0, 0.05) is 23.3 Å². The van der Waals surface area contributed by atoms with E-state index in [2.05, 4.69) is 29.5 Å². The highest BCUT2D eigenvalue weighted by atomic mass is 35.5. The zero-order valence-electron chi connectivity index (χ0n) is 24.0. The summed E-state index contributed by atoms with van der Waals surface area (Å²) in [7, 11) is 2.09. The van der Waals surface area contributed by atoms with Crippen LogP contribution in [-0.4, -0.2) is 78.0 Å². The van der Waals surface area contributed by atoms with Crippen LogP contribution in [0.25, 0.3) is 0 Å². The van der Waals surface area contributed by atoms with Crippen molar-refractivity contribution in [3.8, 4) is 0 Å². The van der Waals surface area contributed by atoms with Crippen LogP contribution in [0.3, 0.4) is 0 Å². The van der Waals surface area contributed by atoms with Crippen molar-refractivity contribution in [1.82, 2.24) is 15.1 Å². The summed E-state index contributed by atoms with van der Waals surface area (Å²) < 4.78 is 6.47. The Hall–Kier alpha value is -2.42. The second-order valence-corrected chi connectivity index (χ2v) is 12.4. The van der Waals surface area contributed by atoms with Gasteiger partial charge in [-0.15, -0.1) is 0 Å². The quantitative estimate of drug-likeness (QED) is 0.387. The van der Waals surface area contributed by atoms with Gasteiger partial charge in [0.25, 0.3) is 0 Å². The summed E-state index contributed by atoms with van der Waals surface area (Å²) in [6, 6.07) is 4.69. The van der Waals surface area contributed by atoms with Crippen LogP contribution in [0.4, 0.5) is 5.69 Å². The molecule has 2 N–H and O–H groups in total. The minimum Gasteiger partial charge on any atom is -0.359 e. The second kappa shape index (κ2) is 12.2. The van der Waals surface area contributed by atoms with Gasteiger partial charge in [0.05, 0.1) is 17.9 Å². The molecule has 1 aromatic carbocycles. The number of halogens is 1. The molecule has 5 atom stereocenters. The predicted molar refractivity (Wildman–Crippen MR) is 156 cm³/mol. The molecule has 40 heavy (non-hydrogen) atoms. The largest absolute Gasteiger partial charge is 0.359 e. The molecule has 1 aliphatic carbocycles. The predicted octanol–water partition coefficient (Wildman–Crippen LogP) is 4.31. The lowest BCUT2D eigenvalue weighted by Crippen LogP contribution is -2.56. The van der Waals surface area contributed by atoms with Crippen molar-refractivity contribution >= 4 is 35.0 Å². The lowest BCUT2D eigenvalue weighted by molar-refractivity contribution is -0.141. The molecule has 3 aliphatic heterocycles. The van der Waals surface area contributed by atoms with Gasteiger partial charge in [0.15, 0.2) is 0 Å². The van der Waals surface area contributed by atoms with Gasteiger partial charge in [-0.1, -0.05) is 62.4 Å². The molecule has 218 valence electrons. The fraction of sp³-hybridized carbons (Fsp3) is 0.645. The number of anilines is 1. The van der Waals surface area contributed by atoms with E-state index in [0.717, 1.165) is 63.6 Å². The lowest BCUT2D eigenvalue weighted by Gasteiger charge is -2.34. The van der Waals surface area contributed by atoms with E-state index >= 15 is 0 Å². The summed E-state index contributed by atoms with van der Waals surface area (Å²) >= 11 is 6.29. The number of ether oxygens (including phenoxy) is 1. The number of likely N-dealkylation sites (tertiary alicyclic amines) is 1. The van der Waals surface area contributed by atoms with Crippen LogP contribution in [-0.2, 0) is 19.1 Å². The van der Waals surface area contributed by atoms with Crippen molar-refractivity contribution < 1.29 is 19.1 Å². The van der Waals surface area contributed by atoms with Gasteiger partial charge >= 0.3 is 0 Å². The van der Waals surface area contributed by atoms with E-state index < -0.39 is 29.6 Å². The molecule has 2 bridgehead atoms. The maximum atomic E-state index is 14.1. The SMILES string of the molecule is CCCCN(C)CCCN1C(=O)[C@H]2[C@H](C(=O)Nc3ccc(C)c(Cl)c3)[C@H]3C=C[C@@]2(O3)[C@@H]1C(=O)NC1CCCCC1. The molecule has 1 spiro atoms. The third-order valence-corrected chi connectivity index (χ3v) is 9.56. The minimum absolute atomic E-state index is 0.113. The second-order valence-electron chi connectivity index (χ2n) is 12.0. The number of carbonyl (C=O) groups excluding carboxylic acids is 3. The van der Waals surface area contributed by atoms with Gasteiger partial charge in [-0.2, -0.15) is 0 Å². The van der Waals surface area contributed by atoms with Gasteiger partial charge < -0.3 is 25.2 Å². The highest BCUT2D eigenvalue weighted by Gasteiger charge is 2.72. The van der Waals surface area contributed by atoms with Crippen LogP contribution in [0.5, 0.6) is 0 Å². The van der Waals surface area contributed by atoms with Gasteiger partial charge in [-0.3, -0.25) is 14.4 Å². The molecule has 8 nitrogen and oxygen atoms in total. The fourth-order valence-electron chi connectivity index (χ4n) is 6.98. The Bertz CT molecular complexity index is 1150. The molecule has 3 heterocycles. The Labute approximate surface area is 242 Å². The molecule has 2 saturated heterocycles. The van der Waals surface area contributed by atoms with E-state index in [4.69, 9.17) is 16.3 Å². The van der Waals surface area contributed by atoms with Crippen LogP contribution in [0.1, 0.15) is 63.9 Å². The van der Waals surface area contributed by atoms with E-state index in [1.54, 1.807) is 17.0 Å². The fourth-order valence-corrected chi connectivity index (χ4v) is 7.16. The monoisotopic (exact) mass is 570 g/mol. The van der Waals surface area contributed by atoms with Crippen LogP contribution in [0.15, 0.2) is 30.4 Å². The molecule has 5 rings (SSSR count). The zero-order valence-corrected chi connectivity index (χ0v) is 24.7. The van der Waals surface area contributed by atoms with Gasteiger partial charge in [-0.25, -0.2) is 0 Å². The van der Waals surface area contributed by atoms with E-state index in [0.29, 0.717) is 17.3 Å². The maximum absolute atomic E-state index is 14.1. The Morgan fingerprint density at radius 2 is 1.90 bits per heavy atom. The Kier molecular flexibility index (Phi) is 8.88. The molecular formula is C31H43ClN4O4. The zero-order chi connectivity index (χ0) is 28.4. The molecule has 0 radical (unpaired) electrons. The number of amides is 3. The molecule has 3 fully saturated rings. The standard InChI is InChI=1S/C31H43ClN4O4/c1-4-5-16-35(3)17-9-18-36-27(29(38)33-21-10-7-6-8-11-21)31-15-14-24(40-31)25(26(31)30(36)39)28(37)34-22-13-12-20(2)23(32)19-22/h12-15,19,21,24-27H,4-11,16-18H2,1-3H3,(H,33,38)(H,34,37)/t24-,25-,26-,27+,31+/m1/s1. The molecule has 1 saturated carbocycles. The number of aryl methyl sites for hydroxylation is 1. The van der Waals surface area contributed by atoms with Crippen LogP contribution < -0.4 is 10.6 Å². The van der Waals surface area contributed by atoms with Crippen LogP contribution in [0, 0.1) is 18.8 Å². The first-order chi connectivity index (χ1) is 19.2. The maximum Gasteiger partial charge on any atom is 0.246 e. The Balaban J connectivity index is 1.37. The molecule has 0 unspecified atom stereocenters. The number of rotatable bonds is 11. The van der Waals surface area contributed by atoms with Gasteiger partial charge in [0.2, 0.25) is 17.7 Å². The van der Waals surface area contributed by atoms with Crippen LogP contribution in [0.2, 0.25) is 5.02 Å². The number of hydrogen-bond donors (Lipinski definition) is 2. The Morgan fingerprint density at radius 3 is 2.62 bits per heavy atom. The minimum atomic E-state index is -1.14. The number of carbonyl (C=O) groups is 3. The van der Waals surface area contributed by atoms with Crippen molar-refractivity contribution in [3.63, 3.8) is 0 Å². The first-order valence-corrected chi connectivity index (χ1v) is 15.4. The topological polar surface area (TPSA) is 91.0 Å². The smallest absolute Gasteiger partial charge is 0.246 e. The molecule has 9 heteroatoms. The molecule has 3 amide bonds. The number of hydrogen-bond acceptors (Lipinski definition) is 5. The summed E-state index contributed by atoms with van der Waals surface area (Å²) in [4.78, 5) is 45.6. The first kappa shape index (κ1) is 29.1. The average Bonchev–Trinajstić information content (AvgIpc) is 3.57. The number of nitrogens with one attached hydrogen (secondary N) is 2. The number of nitrogens with zero attached hydrogens (tertiary/aromatic N) is 2. The van der Waals surface area contributed by atoms with Crippen molar-refractivity contribution in [2.45, 2.75) is 89.0 Å². The van der Waals surface area contributed by atoms with E-state index in [1.807, 2.05) is 25.1 Å². The third-order valence-electron chi connectivity index (χ3n) is 9.15. The molecule has 1 aromatic rings. The highest BCUT2D eigenvalue weighted by Crippen LogP contribution is 2.55. The number of unbranched alkanes of at least 4 members (excludes halogenated alkanes) is 1. The third kappa shape index (κ3) is 5.55. The molecular weight excluding hydrogens is 528 g/mol. The van der Waals surface area contributed by atoms with Crippen molar-refractivity contribution in [2.24, 2.45) is 11.8 Å². The van der Waals surface area contributed by atoms with E-state index in [1.165, 1.54) is 6.42 Å². The average molecular weight is 571 g/mol. The number of benzene rings is 1. The summed E-state index contributed by atoms with van der Waals surface area (Å²) in [5.41, 5.74) is 0.352. The summed E-state index contributed by atoms with van der Waals surface area (Å²) in [6.45, 7) is 6.35. The number of fused-ring (bicyclic) bond motifs is 1. The summed E-state index contributed by atoms with van der Waals surface area (Å²) in [6.07, 6.45) is 11.5. The van der Waals surface area contributed by atoms with E-state index in [-0.39, 0.29) is 23.8 Å².